The summed E-state index contributed by atoms with van der Waals surface area (Å²) < 4.78 is 5.43. The molecule has 0 unspecified atom stereocenters. The Labute approximate surface area is 105 Å². The molecule has 18 heavy (non-hydrogen) atoms. The fourth-order valence-corrected chi connectivity index (χ4v) is 2.07. The van der Waals surface area contributed by atoms with Crippen molar-refractivity contribution in [3.05, 3.63) is 17.8 Å². The van der Waals surface area contributed by atoms with Gasteiger partial charge in [-0.25, -0.2) is 9.78 Å². The molecule has 1 aromatic heterocycles. The predicted molar refractivity (Wildman–Crippen MR) is 67.9 cm³/mol. The molecule has 2 heterocycles. The van der Waals surface area contributed by atoms with Gasteiger partial charge in [0.1, 0.15) is 5.82 Å². The van der Waals surface area contributed by atoms with Crippen molar-refractivity contribution in [3.8, 4) is 0 Å². The largest absolute Gasteiger partial charge is 0.478 e. The number of ether oxygens (including phenoxy) is 1. The van der Waals surface area contributed by atoms with Crippen molar-refractivity contribution >= 4 is 17.5 Å². The molecule has 3 N–H and O–H groups in total. The number of aromatic nitrogens is 1. The minimum atomic E-state index is -1.04. The summed E-state index contributed by atoms with van der Waals surface area (Å²) in [6.45, 7) is 5.94. The number of aromatic carboxylic acids is 1. The number of nitrogens with two attached hydrogens (primary N) is 1. The van der Waals surface area contributed by atoms with Gasteiger partial charge in [-0.05, 0) is 19.9 Å². The Bertz CT molecular complexity index is 474. The number of rotatable bonds is 2. The van der Waals surface area contributed by atoms with E-state index in [-0.39, 0.29) is 16.8 Å². The van der Waals surface area contributed by atoms with Crippen LogP contribution in [0.3, 0.4) is 0 Å². The number of carbonyl (C=O) groups is 1. The van der Waals surface area contributed by atoms with Crippen LogP contribution in [-0.4, -0.2) is 41.4 Å². The van der Waals surface area contributed by atoms with Crippen molar-refractivity contribution in [2.75, 3.05) is 30.4 Å². The highest BCUT2D eigenvalue weighted by Crippen LogP contribution is 2.27. The maximum Gasteiger partial charge on any atom is 0.337 e. The quantitative estimate of drug-likeness (QED) is 0.814. The number of morpholine rings is 1. The van der Waals surface area contributed by atoms with E-state index in [1.54, 1.807) is 0 Å². The maximum atomic E-state index is 11.1. The van der Waals surface area contributed by atoms with Gasteiger partial charge in [0.25, 0.3) is 0 Å². The van der Waals surface area contributed by atoms with Gasteiger partial charge in [-0.2, -0.15) is 0 Å². The van der Waals surface area contributed by atoms with Crippen LogP contribution >= 0.6 is 0 Å². The molecule has 1 aliphatic rings. The summed E-state index contributed by atoms with van der Waals surface area (Å²) in [5.41, 5.74) is 5.65. The molecule has 0 spiro atoms. The number of hydrogen-bond acceptors (Lipinski definition) is 5. The van der Waals surface area contributed by atoms with Gasteiger partial charge in [-0.15, -0.1) is 0 Å². The second-order valence-corrected chi connectivity index (χ2v) is 4.95. The lowest BCUT2D eigenvalue weighted by molar-refractivity contribution is 0.0638. The van der Waals surface area contributed by atoms with Crippen molar-refractivity contribution in [1.29, 1.82) is 0 Å². The van der Waals surface area contributed by atoms with Gasteiger partial charge in [0, 0.05) is 6.54 Å². The maximum absolute atomic E-state index is 11.1. The summed E-state index contributed by atoms with van der Waals surface area (Å²) in [6.07, 6.45) is 1.39. The molecule has 0 atom stereocenters. The zero-order valence-corrected chi connectivity index (χ0v) is 10.5. The van der Waals surface area contributed by atoms with Crippen molar-refractivity contribution in [2.45, 2.75) is 19.4 Å². The Morgan fingerprint density at radius 3 is 2.94 bits per heavy atom. The number of pyridine rings is 1. The molecule has 98 valence electrons. The van der Waals surface area contributed by atoms with Crippen LogP contribution in [0.25, 0.3) is 0 Å². The summed E-state index contributed by atoms with van der Waals surface area (Å²) in [4.78, 5) is 17.3. The van der Waals surface area contributed by atoms with Crippen LogP contribution < -0.4 is 10.6 Å². The van der Waals surface area contributed by atoms with Crippen molar-refractivity contribution in [1.82, 2.24) is 4.98 Å². The molecule has 0 aromatic carbocycles. The van der Waals surface area contributed by atoms with Crippen LogP contribution in [0.1, 0.15) is 24.2 Å². The number of hydrogen-bond donors (Lipinski definition) is 2. The molecule has 1 aliphatic heterocycles. The SMILES string of the molecule is CC1(C)COCCN1c1cc(C(=O)O)c(N)cn1. The van der Waals surface area contributed by atoms with E-state index >= 15 is 0 Å². The van der Waals surface area contributed by atoms with E-state index in [4.69, 9.17) is 15.6 Å². The first-order valence-corrected chi connectivity index (χ1v) is 5.76. The molecule has 0 radical (unpaired) electrons. The minimum absolute atomic E-state index is 0.0855. The van der Waals surface area contributed by atoms with Gasteiger partial charge in [0.05, 0.1) is 36.2 Å². The van der Waals surface area contributed by atoms with Gasteiger partial charge in [-0.1, -0.05) is 0 Å². The number of nitrogens with zero attached hydrogens (tertiary/aromatic N) is 2. The molecule has 0 bridgehead atoms. The van der Waals surface area contributed by atoms with E-state index < -0.39 is 5.97 Å². The molecule has 1 fully saturated rings. The molecule has 2 rings (SSSR count). The van der Waals surface area contributed by atoms with Gasteiger partial charge < -0.3 is 20.5 Å². The van der Waals surface area contributed by atoms with Gasteiger partial charge in [0.2, 0.25) is 0 Å². The standard InChI is InChI=1S/C12H17N3O3/c1-12(2)7-18-4-3-15(12)10-5-8(11(16)17)9(13)6-14-10/h5-6H,3-4,7,13H2,1-2H3,(H,16,17). The molecule has 6 nitrogen and oxygen atoms in total. The Morgan fingerprint density at radius 2 is 2.33 bits per heavy atom. The Hall–Kier alpha value is -1.82. The van der Waals surface area contributed by atoms with Crippen LogP contribution in [0.15, 0.2) is 12.3 Å². The predicted octanol–water partition coefficient (Wildman–Crippen LogP) is 0.977. The van der Waals surface area contributed by atoms with Crippen LogP contribution in [0.4, 0.5) is 11.5 Å². The van der Waals surface area contributed by atoms with E-state index in [0.29, 0.717) is 25.6 Å². The van der Waals surface area contributed by atoms with Crippen LogP contribution in [0.2, 0.25) is 0 Å². The summed E-state index contributed by atoms with van der Waals surface area (Å²) in [5.74, 6) is -0.419. The number of carboxylic acids is 1. The van der Waals surface area contributed by atoms with Crippen molar-refractivity contribution in [3.63, 3.8) is 0 Å². The first-order chi connectivity index (χ1) is 8.42. The number of anilines is 2. The Kier molecular flexibility index (Phi) is 3.13. The zero-order chi connectivity index (χ0) is 13.3. The highest BCUT2D eigenvalue weighted by Gasteiger charge is 2.32. The summed E-state index contributed by atoms with van der Waals surface area (Å²) >= 11 is 0. The summed E-state index contributed by atoms with van der Waals surface area (Å²) in [5, 5.41) is 9.07. The Balaban J connectivity index is 2.38. The molecule has 0 saturated carbocycles. The topological polar surface area (TPSA) is 88.7 Å². The van der Waals surface area contributed by atoms with Crippen LogP contribution in [-0.2, 0) is 4.74 Å². The molecule has 6 heteroatoms. The third-order valence-corrected chi connectivity index (χ3v) is 3.07. The number of nitrogen functional groups attached to an aromatic ring is 1. The fourth-order valence-electron chi connectivity index (χ4n) is 2.07. The molecule has 0 aliphatic carbocycles. The highest BCUT2D eigenvalue weighted by atomic mass is 16.5. The summed E-state index contributed by atoms with van der Waals surface area (Å²) in [6, 6.07) is 1.52. The lowest BCUT2D eigenvalue weighted by Gasteiger charge is -2.43. The lowest BCUT2D eigenvalue weighted by atomic mass is 10.0. The smallest absolute Gasteiger partial charge is 0.337 e. The minimum Gasteiger partial charge on any atom is -0.478 e. The second kappa shape index (κ2) is 4.45. The first kappa shape index (κ1) is 12.6. The average molecular weight is 251 g/mol. The second-order valence-electron chi connectivity index (χ2n) is 4.95. The molecule has 1 aromatic rings. The van der Waals surface area contributed by atoms with E-state index in [1.165, 1.54) is 12.3 Å². The van der Waals surface area contributed by atoms with Crippen molar-refractivity contribution in [2.24, 2.45) is 0 Å². The highest BCUT2D eigenvalue weighted by molar-refractivity contribution is 5.94. The Morgan fingerprint density at radius 1 is 1.61 bits per heavy atom. The van der Waals surface area contributed by atoms with E-state index in [2.05, 4.69) is 4.98 Å². The third kappa shape index (κ3) is 2.24. The van der Waals surface area contributed by atoms with Crippen LogP contribution in [0, 0.1) is 0 Å². The fraction of sp³-hybridized carbons (Fsp3) is 0.500. The van der Waals surface area contributed by atoms with Gasteiger partial charge in [0.15, 0.2) is 0 Å². The first-order valence-electron chi connectivity index (χ1n) is 5.76. The monoisotopic (exact) mass is 251 g/mol. The molecular weight excluding hydrogens is 234 g/mol. The molecule has 1 saturated heterocycles. The van der Waals surface area contributed by atoms with Gasteiger partial charge in [-0.3, -0.25) is 0 Å². The third-order valence-electron chi connectivity index (χ3n) is 3.07. The normalized spacial score (nSPS) is 18.7. The van der Waals surface area contributed by atoms with E-state index in [9.17, 15) is 4.79 Å². The zero-order valence-electron chi connectivity index (χ0n) is 10.5. The van der Waals surface area contributed by atoms with E-state index in [1.807, 2.05) is 18.7 Å². The van der Waals surface area contributed by atoms with Crippen LogP contribution in [0.5, 0.6) is 0 Å². The summed E-state index contributed by atoms with van der Waals surface area (Å²) in [7, 11) is 0. The number of carboxylic acid groups (broad SMARTS) is 1. The van der Waals surface area contributed by atoms with Crippen molar-refractivity contribution < 1.29 is 14.6 Å². The molecular formula is C12H17N3O3. The van der Waals surface area contributed by atoms with Gasteiger partial charge >= 0.3 is 5.97 Å². The lowest BCUT2D eigenvalue weighted by Crippen LogP contribution is -2.53. The average Bonchev–Trinajstić information content (AvgIpc) is 2.29. The van der Waals surface area contributed by atoms with E-state index in [0.717, 1.165) is 0 Å². The molecule has 0 amide bonds.